The van der Waals surface area contributed by atoms with Crippen LogP contribution < -0.4 is 4.74 Å². The summed E-state index contributed by atoms with van der Waals surface area (Å²) in [4.78, 5) is 26.1. The Morgan fingerprint density at radius 3 is 1.97 bits per heavy atom. The van der Waals surface area contributed by atoms with Crippen LogP contribution in [0.1, 0.15) is 38.7 Å². The molecule has 0 amide bonds. The van der Waals surface area contributed by atoms with Crippen molar-refractivity contribution in [1.82, 2.24) is 0 Å². The molecule has 5 heteroatoms. The van der Waals surface area contributed by atoms with Crippen molar-refractivity contribution >= 4 is 17.8 Å². The Labute approximate surface area is 187 Å². The second-order valence-corrected chi connectivity index (χ2v) is 7.37. The Balaban J connectivity index is 1.91. The fraction of sp³-hybridized carbons (Fsp3) is 0.148. The molecule has 0 saturated carbocycles. The Kier molecular flexibility index (Phi) is 7.20. The Morgan fingerprint density at radius 2 is 1.44 bits per heavy atom. The summed E-state index contributed by atoms with van der Waals surface area (Å²) in [7, 11) is 1.55. The molecule has 3 rings (SSSR count). The lowest BCUT2D eigenvalue weighted by Crippen LogP contribution is -2.21. The fourth-order valence-electron chi connectivity index (χ4n) is 3.06. The van der Waals surface area contributed by atoms with Crippen molar-refractivity contribution in [2.24, 2.45) is 0 Å². The lowest BCUT2D eigenvalue weighted by Gasteiger charge is -2.17. The zero-order valence-corrected chi connectivity index (χ0v) is 18.2. The van der Waals surface area contributed by atoms with Gasteiger partial charge in [-0.1, -0.05) is 71.8 Å². The number of benzene rings is 3. The number of carbonyl (C=O) groups is 2. The summed E-state index contributed by atoms with van der Waals surface area (Å²) < 4.78 is 10.7. The van der Waals surface area contributed by atoms with E-state index in [0.717, 1.165) is 11.1 Å². The van der Waals surface area contributed by atoms with Crippen LogP contribution in [0, 0.1) is 25.2 Å². The van der Waals surface area contributed by atoms with Crippen molar-refractivity contribution in [1.29, 1.82) is 5.26 Å². The van der Waals surface area contributed by atoms with Crippen molar-refractivity contribution in [3.63, 3.8) is 0 Å². The largest absolute Gasteiger partial charge is 0.497 e. The maximum Gasteiger partial charge on any atom is 0.349 e. The van der Waals surface area contributed by atoms with Crippen LogP contribution in [0.5, 0.6) is 5.75 Å². The molecule has 1 atom stereocenters. The highest BCUT2D eigenvalue weighted by molar-refractivity contribution is 6.04. The third-order valence-electron chi connectivity index (χ3n) is 4.95. The molecular weight excluding hydrogens is 402 g/mol. The third-order valence-corrected chi connectivity index (χ3v) is 4.95. The van der Waals surface area contributed by atoms with Gasteiger partial charge in [0.25, 0.3) is 0 Å². The van der Waals surface area contributed by atoms with Crippen molar-refractivity contribution in [3.05, 3.63) is 106 Å². The van der Waals surface area contributed by atoms with Gasteiger partial charge < -0.3 is 9.47 Å². The molecule has 0 fully saturated rings. The first-order valence-electron chi connectivity index (χ1n) is 10.1. The average Bonchev–Trinajstić information content (AvgIpc) is 2.82. The molecule has 0 aliphatic carbocycles. The van der Waals surface area contributed by atoms with Crippen LogP contribution in [0.2, 0.25) is 0 Å². The molecule has 160 valence electrons. The first-order valence-corrected chi connectivity index (χ1v) is 10.1. The van der Waals surface area contributed by atoms with Gasteiger partial charge in [0.2, 0.25) is 5.78 Å². The third kappa shape index (κ3) is 5.50. The normalized spacial score (nSPS) is 11.9. The summed E-state index contributed by atoms with van der Waals surface area (Å²) in [6, 6.07) is 23.0. The zero-order valence-electron chi connectivity index (χ0n) is 18.2. The summed E-state index contributed by atoms with van der Waals surface area (Å²) in [6.07, 6.45) is 0.253. The highest BCUT2D eigenvalue weighted by atomic mass is 16.5. The van der Waals surface area contributed by atoms with Crippen molar-refractivity contribution in [3.8, 4) is 11.8 Å². The molecule has 5 nitrogen and oxygen atoms in total. The number of nitriles is 1. The van der Waals surface area contributed by atoms with Crippen molar-refractivity contribution in [2.75, 3.05) is 7.11 Å². The van der Waals surface area contributed by atoms with Gasteiger partial charge in [0.05, 0.1) is 7.11 Å². The van der Waals surface area contributed by atoms with E-state index >= 15 is 0 Å². The van der Waals surface area contributed by atoms with Crippen LogP contribution in [0.3, 0.4) is 0 Å². The van der Waals surface area contributed by atoms with Gasteiger partial charge in [0.15, 0.2) is 6.10 Å². The Hall–Kier alpha value is -4.17. The number of hydrogen-bond acceptors (Lipinski definition) is 5. The number of nitrogens with zero attached hydrogens (tertiary/aromatic N) is 1. The Morgan fingerprint density at radius 1 is 0.875 bits per heavy atom. The molecule has 0 spiro atoms. The lowest BCUT2D eigenvalue weighted by molar-refractivity contribution is -0.142. The molecule has 0 aliphatic heterocycles. The van der Waals surface area contributed by atoms with E-state index in [-0.39, 0.29) is 11.4 Å². The van der Waals surface area contributed by atoms with Gasteiger partial charge >= 0.3 is 5.97 Å². The lowest BCUT2D eigenvalue weighted by atomic mass is 9.98. The van der Waals surface area contributed by atoms with Gasteiger partial charge in [-0.25, -0.2) is 4.79 Å². The number of carbonyl (C=O) groups excluding carboxylic acids is 2. The SMILES string of the molecule is COc1ccc(/C=C(\C#N)C(=O)OC(C(=O)c2ccc(C)cc2)c2ccc(C)cc2)cc1. The number of methoxy groups -OCH3 is 1. The highest BCUT2D eigenvalue weighted by Crippen LogP contribution is 2.25. The van der Waals surface area contributed by atoms with Crippen molar-refractivity contribution < 1.29 is 19.1 Å². The molecule has 0 aromatic heterocycles. The monoisotopic (exact) mass is 425 g/mol. The van der Waals surface area contributed by atoms with Crippen LogP contribution in [0.25, 0.3) is 6.08 Å². The number of esters is 1. The van der Waals surface area contributed by atoms with Gasteiger partial charge in [-0.2, -0.15) is 5.26 Å². The topological polar surface area (TPSA) is 76.4 Å². The first-order chi connectivity index (χ1) is 15.4. The minimum absolute atomic E-state index is 0.205. The summed E-state index contributed by atoms with van der Waals surface area (Å²) in [5.74, 6) is -0.565. The van der Waals surface area contributed by atoms with E-state index < -0.39 is 12.1 Å². The molecule has 0 heterocycles. The van der Waals surface area contributed by atoms with Crippen molar-refractivity contribution in [2.45, 2.75) is 20.0 Å². The number of rotatable bonds is 7. The predicted octanol–water partition coefficient (Wildman–Crippen LogP) is 5.39. The second-order valence-electron chi connectivity index (χ2n) is 7.37. The van der Waals surface area contributed by atoms with Gasteiger partial charge in [0.1, 0.15) is 17.4 Å². The van der Waals surface area contributed by atoms with Gasteiger partial charge in [-0.3, -0.25) is 4.79 Å². The maximum atomic E-state index is 13.2. The summed E-state index contributed by atoms with van der Waals surface area (Å²) in [6.45, 7) is 3.85. The van der Waals surface area contributed by atoms with Crippen LogP contribution in [0.4, 0.5) is 0 Å². The first kappa shape index (κ1) is 22.5. The second kappa shape index (κ2) is 10.2. The van der Waals surface area contributed by atoms with Gasteiger partial charge in [-0.15, -0.1) is 0 Å². The van der Waals surface area contributed by atoms with Crippen LogP contribution in [-0.2, 0) is 9.53 Å². The standard InChI is InChI=1S/C27H23NO4/c1-18-4-10-21(11-5-18)25(29)26(22-12-6-19(2)7-13-22)32-27(30)23(17-28)16-20-8-14-24(31-3)15-9-20/h4-16,26H,1-3H3/b23-16+. The molecule has 32 heavy (non-hydrogen) atoms. The highest BCUT2D eigenvalue weighted by Gasteiger charge is 2.27. The number of hydrogen-bond donors (Lipinski definition) is 0. The van der Waals surface area contributed by atoms with E-state index in [4.69, 9.17) is 9.47 Å². The molecule has 3 aromatic carbocycles. The maximum absolute atomic E-state index is 13.2. The smallest absolute Gasteiger partial charge is 0.349 e. The van der Waals surface area contributed by atoms with E-state index in [9.17, 15) is 14.9 Å². The summed E-state index contributed by atoms with van der Waals surface area (Å²) in [5, 5.41) is 9.54. The molecule has 0 radical (unpaired) electrons. The van der Waals surface area contributed by atoms with E-state index in [1.165, 1.54) is 6.08 Å². The molecule has 0 N–H and O–H groups in total. The molecular formula is C27H23NO4. The molecule has 0 aliphatic rings. The van der Waals surface area contributed by atoms with E-state index in [1.54, 1.807) is 55.6 Å². The quantitative estimate of drug-likeness (QED) is 0.220. The number of aryl methyl sites for hydroxylation is 2. The molecule has 0 bridgehead atoms. The summed E-state index contributed by atoms with van der Waals surface area (Å²) >= 11 is 0. The van der Waals surface area contributed by atoms with Gasteiger partial charge in [0, 0.05) is 11.1 Å². The van der Waals surface area contributed by atoms with E-state index in [0.29, 0.717) is 22.4 Å². The Bertz CT molecular complexity index is 1170. The fourth-order valence-corrected chi connectivity index (χ4v) is 3.06. The van der Waals surface area contributed by atoms with Gasteiger partial charge in [-0.05, 0) is 37.6 Å². The molecule has 3 aromatic rings. The average molecular weight is 425 g/mol. The number of ether oxygens (including phenoxy) is 2. The molecule has 0 saturated heterocycles. The van der Waals surface area contributed by atoms with Crippen LogP contribution >= 0.6 is 0 Å². The van der Waals surface area contributed by atoms with Crippen LogP contribution in [-0.4, -0.2) is 18.9 Å². The minimum Gasteiger partial charge on any atom is -0.497 e. The summed E-state index contributed by atoms with van der Waals surface area (Å²) in [5.41, 5.74) is 3.42. The predicted molar refractivity (Wildman–Crippen MR) is 122 cm³/mol. The molecule has 1 unspecified atom stereocenters. The minimum atomic E-state index is -1.17. The van der Waals surface area contributed by atoms with E-state index in [1.807, 2.05) is 44.2 Å². The zero-order chi connectivity index (χ0) is 23.1. The van der Waals surface area contributed by atoms with E-state index in [2.05, 4.69) is 0 Å². The number of ketones is 1. The van der Waals surface area contributed by atoms with Crippen LogP contribution in [0.15, 0.2) is 78.4 Å². The number of Topliss-reactive ketones (excluding diaryl/α,β-unsaturated/α-hetero) is 1.